The van der Waals surface area contributed by atoms with Crippen LogP contribution in [0.5, 0.6) is 0 Å². The van der Waals surface area contributed by atoms with Gasteiger partial charge in [-0.25, -0.2) is 0 Å². The minimum Gasteiger partial charge on any atom is -0.354 e. The topological polar surface area (TPSA) is 342 Å². The number of carbonyl (C=O) groups excluding carboxylic acids is 9. The second-order valence-electron chi connectivity index (χ2n) is 20.3. The molecule has 0 radical (unpaired) electrons. The van der Waals surface area contributed by atoms with Crippen LogP contribution in [0, 0.1) is 23.7 Å². The highest BCUT2D eigenvalue weighted by atomic mass is 16.2. The number of Topliss-reactive ketones (excluding diaryl/α,β-unsaturated/α-hetero) is 2. The summed E-state index contributed by atoms with van der Waals surface area (Å²) in [4.78, 5) is 127. The average Bonchev–Trinajstić information content (AvgIpc) is 3.39. The van der Waals surface area contributed by atoms with Crippen molar-refractivity contribution in [2.24, 2.45) is 46.6 Å². The van der Waals surface area contributed by atoms with Crippen LogP contribution in [0.3, 0.4) is 0 Å². The molecule has 76 heavy (non-hydrogen) atoms. The Bertz CT molecular complexity index is 2390. The number of hydrogen-bond donors (Lipinski definition) is 11. The largest absolute Gasteiger partial charge is 0.354 e. The average molecular weight is 1050 g/mol. The molecular formula is C56H81N11O9. The van der Waals surface area contributed by atoms with Gasteiger partial charge >= 0.3 is 0 Å². The molecule has 20 nitrogen and oxygen atoms in total. The van der Waals surface area contributed by atoms with E-state index < -0.39 is 107 Å². The van der Waals surface area contributed by atoms with Gasteiger partial charge in [-0.2, -0.15) is 0 Å². The Morgan fingerprint density at radius 1 is 0.539 bits per heavy atom. The van der Waals surface area contributed by atoms with E-state index >= 15 is 0 Å². The Hall–Kier alpha value is -6.87. The van der Waals surface area contributed by atoms with Crippen LogP contribution in [0.4, 0.5) is 0 Å². The van der Waals surface area contributed by atoms with Crippen LogP contribution >= 0.6 is 0 Å². The first-order valence-electron chi connectivity index (χ1n) is 26.5. The van der Waals surface area contributed by atoms with E-state index in [2.05, 4.69) is 37.2 Å². The highest BCUT2D eigenvalue weighted by molar-refractivity contribution is 6.00. The first-order valence-corrected chi connectivity index (χ1v) is 26.5. The molecule has 8 atom stereocenters. The summed E-state index contributed by atoms with van der Waals surface area (Å²) in [5.74, 6) is -8.13. The van der Waals surface area contributed by atoms with Crippen molar-refractivity contribution in [1.29, 1.82) is 0 Å². The molecule has 1 aliphatic heterocycles. The summed E-state index contributed by atoms with van der Waals surface area (Å²) < 4.78 is 0. The molecule has 1 fully saturated rings. The third-order valence-electron chi connectivity index (χ3n) is 13.2. The Balaban J connectivity index is 1.73. The Labute approximate surface area is 446 Å². The molecule has 0 spiro atoms. The molecule has 0 unspecified atom stereocenters. The van der Waals surface area contributed by atoms with Gasteiger partial charge < -0.3 is 60.2 Å². The summed E-state index contributed by atoms with van der Waals surface area (Å²) in [6, 6.07) is 18.1. The molecule has 0 bridgehead atoms. The van der Waals surface area contributed by atoms with E-state index in [0.29, 0.717) is 5.56 Å². The van der Waals surface area contributed by atoms with Gasteiger partial charge in [-0.3, -0.25) is 43.2 Å². The first-order chi connectivity index (χ1) is 36.4. The lowest BCUT2D eigenvalue weighted by molar-refractivity contribution is -0.136. The molecule has 414 valence electrons. The summed E-state index contributed by atoms with van der Waals surface area (Å²) in [6.07, 6.45) is -0.627. The van der Waals surface area contributed by atoms with Crippen molar-refractivity contribution in [3.8, 4) is 11.1 Å². The molecule has 3 aromatic rings. The van der Waals surface area contributed by atoms with Gasteiger partial charge in [0.25, 0.3) is 5.91 Å². The monoisotopic (exact) mass is 1050 g/mol. The van der Waals surface area contributed by atoms with Gasteiger partial charge in [0.2, 0.25) is 35.4 Å². The third kappa shape index (κ3) is 20.0. The molecular weight excluding hydrogens is 971 g/mol. The van der Waals surface area contributed by atoms with E-state index in [0.717, 1.165) is 11.1 Å². The number of benzene rings is 3. The van der Waals surface area contributed by atoms with E-state index in [9.17, 15) is 43.2 Å². The maximum Gasteiger partial charge on any atom is 0.251 e. The number of nitrogens with one attached hydrogen (secondary N) is 7. The molecule has 1 heterocycles. The smallest absolute Gasteiger partial charge is 0.251 e. The molecule has 1 aliphatic rings. The number of nitrogens with two attached hydrogens (primary N) is 4. The van der Waals surface area contributed by atoms with Crippen LogP contribution in [-0.2, 0) is 44.8 Å². The lowest BCUT2D eigenvalue weighted by Crippen LogP contribution is -2.59. The predicted octanol–water partition coefficient (Wildman–Crippen LogP) is 1.28. The van der Waals surface area contributed by atoms with Gasteiger partial charge in [-0.05, 0) is 112 Å². The second kappa shape index (κ2) is 31.9. The zero-order chi connectivity index (χ0) is 55.7. The summed E-state index contributed by atoms with van der Waals surface area (Å²) in [5.41, 5.74) is 26.6. The standard InChI is InChI=1S/C56H81N11O9/c1-34(2)29-41-33-49(69)43(20-25-58)63-51(71)40(32-48(68)42(19-24-57)62-50(70)39-17-15-38(16-18-39)37-13-9-6-10-14-37)23-28-61-53(73)46(30-35(3)4)67-55(75)45(22-27-60)64-54(74)44(21-26-59)65-56(76)47(66-52(41)72)31-36-11-7-5-8-12-36/h5-18,34-35,40-47H,19-33,57-60H2,1-4H3,(H,61,73)(H,62,70)(H,63,71)(H,64,74)(H,65,76)(H,66,72)(H,67,75)/t40-,41+,42-,43+,44+,45+,46+,47+/m1/s1. The molecule has 0 saturated carbocycles. The number of carbonyl (C=O) groups is 9. The Morgan fingerprint density at radius 2 is 1.03 bits per heavy atom. The normalized spacial score (nSPS) is 22.3. The molecule has 0 aromatic heterocycles. The van der Waals surface area contributed by atoms with E-state index in [1.54, 1.807) is 54.6 Å². The molecule has 7 amide bonds. The van der Waals surface area contributed by atoms with Gasteiger partial charge in [0.15, 0.2) is 11.6 Å². The van der Waals surface area contributed by atoms with Crippen molar-refractivity contribution >= 4 is 52.9 Å². The zero-order valence-electron chi connectivity index (χ0n) is 44.4. The third-order valence-corrected chi connectivity index (χ3v) is 13.2. The molecule has 0 aliphatic carbocycles. The van der Waals surface area contributed by atoms with Crippen LogP contribution in [0.15, 0.2) is 84.9 Å². The van der Waals surface area contributed by atoms with Crippen molar-refractivity contribution in [3.63, 3.8) is 0 Å². The lowest BCUT2D eigenvalue weighted by atomic mass is 9.88. The minimum absolute atomic E-state index is 0.00113. The maximum absolute atomic E-state index is 14.5. The van der Waals surface area contributed by atoms with Crippen LogP contribution in [0.25, 0.3) is 11.1 Å². The number of ketones is 2. The summed E-state index contributed by atoms with van der Waals surface area (Å²) in [5, 5.41) is 19.3. The quantitative estimate of drug-likeness (QED) is 0.0761. The molecule has 4 rings (SSSR count). The fourth-order valence-electron chi connectivity index (χ4n) is 9.12. The summed E-state index contributed by atoms with van der Waals surface area (Å²) in [7, 11) is 0. The fourth-order valence-corrected chi connectivity index (χ4v) is 9.12. The van der Waals surface area contributed by atoms with Crippen LogP contribution in [0.2, 0.25) is 0 Å². The molecule has 20 heteroatoms. The van der Waals surface area contributed by atoms with Crippen LogP contribution in [-0.4, -0.2) is 122 Å². The van der Waals surface area contributed by atoms with Crippen molar-refractivity contribution in [2.45, 2.75) is 128 Å². The van der Waals surface area contributed by atoms with E-state index in [4.69, 9.17) is 22.9 Å². The molecule has 15 N–H and O–H groups in total. The van der Waals surface area contributed by atoms with Gasteiger partial charge in [-0.1, -0.05) is 100 Å². The van der Waals surface area contributed by atoms with Crippen molar-refractivity contribution < 1.29 is 43.2 Å². The fraction of sp³-hybridized carbons (Fsp3) is 0.518. The van der Waals surface area contributed by atoms with Crippen molar-refractivity contribution in [1.82, 2.24) is 37.2 Å². The Morgan fingerprint density at radius 3 is 1.58 bits per heavy atom. The number of hydrogen-bond acceptors (Lipinski definition) is 13. The van der Waals surface area contributed by atoms with Gasteiger partial charge in [-0.15, -0.1) is 0 Å². The van der Waals surface area contributed by atoms with E-state index in [1.807, 2.05) is 58.0 Å². The number of amides is 7. The molecule has 1 saturated heterocycles. The SMILES string of the molecule is CC(C)C[C@H]1CC(=O)[C@H](CCN)NC(=O)[C@@H](CC(=O)[C@@H](CCN)NC(=O)c2ccc(-c3ccccc3)cc2)CCNC(=O)[C@H](CC(C)C)NC(=O)[C@H](CCN)NC(=O)[C@H](CCN)NC(=O)[C@H](Cc2ccccc2)NC1=O. The highest BCUT2D eigenvalue weighted by Gasteiger charge is 2.36. The van der Waals surface area contributed by atoms with E-state index in [-0.39, 0.29) is 108 Å². The van der Waals surface area contributed by atoms with Crippen LogP contribution < -0.4 is 60.2 Å². The maximum atomic E-state index is 14.5. The van der Waals surface area contributed by atoms with Gasteiger partial charge in [0.05, 0.1) is 12.1 Å². The zero-order valence-corrected chi connectivity index (χ0v) is 44.4. The van der Waals surface area contributed by atoms with Crippen molar-refractivity contribution in [2.75, 3.05) is 32.7 Å². The van der Waals surface area contributed by atoms with Crippen LogP contribution in [0.1, 0.15) is 101 Å². The summed E-state index contributed by atoms with van der Waals surface area (Å²) in [6.45, 7) is 7.17. The summed E-state index contributed by atoms with van der Waals surface area (Å²) >= 11 is 0. The lowest BCUT2D eigenvalue weighted by Gasteiger charge is -2.27. The van der Waals surface area contributed by atoms with Gasteiger partial charge in [0, 0.05) is 43.2 Å². The number of rotatable bonds is 20. The highest BCUT2D eigenvalue weighted by Crippen LogP contribution is 2.22. The molecule has 3 aromatic carbocycles. The van der Waals surface area contributed by atoms with E-state index in [1.165, 1.54) is 0 Å². The predicted molar refractivity (Wildman–Crippen MR) is 290 cm³/mol. The van der Waals surface area contributed by atoms with Gasteiger partial charge in [0.1, 0.15) is 24.2 Å². The second-order valence-corrected chi connectivity index (χ2v) is 20.3. The van der Waals surface area contributed by atoms with Crippen molar-refractivity contribution in [3.05, 3.63) is 96.1 Å². The first kappa shape index (κ1) is 61.7. The Kier molecular flexibility index (Phi) is 25.9. The minimum atomic E-state index is -1.26.